The second-order valence-electron chi connectivity index (χ2n) is 3.82. The van der Waals surface area contributed by atoms with Crippen molar-refractivity contribution >= 4 is 11.6 Å². The first-order valence-corrected chi connectivity index (χ1v) is 5.23. The Bertz CT molecular complexity index is 102. The molecule has 0 aliphatic heterocycles. The highest BCUT2D eigenvalue weighted by molar-refractivity contribution is 6.20. The zero-order valence-corrected chi connectivity index (χ0v) is 9.40. The van der Waals surface area contributed by atoms with E-state index < -0.39 is 0 Å². The third kappa shape index (κ3) is 6.93. The molecule has 0 saturated heterocycles. The maximum Gasteiger partial charge on any atom is 0.0518 e. The fourth-order valence-electron chi connectivity index (χ4n) is 0.931. The average molecular weight is 193 g/mol. The van der Waals surface area contributed by atoms with E-state index in [-0.39, 0.29) is 0 Å². The lowest BCUT2D eigenvalue weighted by Crippen LogP contribution is -2.10. The van der Waals surface area contributed by atoms with Gasteiger partial charge in [-0.15, -0.1) is 11.6 Å². The topological polar surface area (TPSA) is 9.23 Å². The van der Waals surface area contributed by atoms with Crippen molar-refractivity contribution in [3.05, 3.63) is 0 Å². The SMILES string of the molecule is CC(C)OCCCC(Cl)C(C)C. The number of halogens is 1. The van der Waals surface area contributed by atoms with Crippen molar-refractivity contribution in [2.45, 2.75) is 52.0 Å². The molecule has 0 aromatic carbocycles. The van der Waals surface area contributed by atoms with Crippen LogP contribution in [-0.2, 0) is 4.74 Å². The Labute approximate surface area is 81.4 Å². The van der Waals surface area contributed by atoms with Crippen molar-refractivity contribution in [2.24, 2.45) is 5.92 Å². The van der Waals surface area contributed by atoms with Crippen LogP contribution in [0.15, 0.2) is 0 Å². The van der Waals surface area contributed by atoms with E-state index in [4.69, 9.17) is 16.3 Å². The minimum atomic E-state index is 0.306. The molecule has 12 heavy (non-hydrogen) atoms. The normalized spacial score (nSPS) is 14.2. The molecule has 0 radical (unpaired) electrons. The molecule has 0 aromatic rings. The van der Waals surface area contributed by atoms with E-state index in [0.717, 1.165) is 19.4 Å². The molecule has 0 amide bonds. The lowest BCUT2D eigenvalue weighted by atomic mass is 10.1. The van der Waals surface area contributed by atoms with Crippen molar-refractivity contribution in [3.63, 3.8) is 0 Å². The molecule has 0 bridgehead atoms. The molecule has 1 atom stereocenters. The van der Waals surface area contributed by atoms with Crippen molar-refractivity contribution in [1.82, 2.24) is 0 Å². The standard InChI is InChI=1S/C10H21ClO/c1-8(2)10(11)6-5-7-12-9(3)4/h8-10H,5-7H2,1-4H3. The minimum Gasteiger partial charge on any atom is -0.379 e. The highest BCUT2D eigenvalue weighted by atomic mass is 35.5. The van der Waals surface area contributed by atoms with Crippen molar-refractivity contribution in [3.8, 4) is 0 Å². The summed E-state index contributed by atoms with van der Waals surface area (Å²) in [4.78, 5) is 0. The lowest BCUT2D eigenvalue weighted by Gasteiger charge is -2.13. The van der Waals surface area contributed by atoms with E-state index in [2.05, 4.69) is 27.7 Å². The molecular weight excluding hydrogens is 172 g/mol. The zero-order chi connectivity index (χ0) is 9.56. The number of hydrogen-bond donors (Lipinski definition) is 0. The van der Waals surface area contributed by atoms with Crippen LogP contribution in [0.3, 0.4) is 0 Å². The van der Waals surface area contributed by atoms with Crippen LogP contribution in [-0.4, -0.2) is 18.1 Å². The predicted octanol–water partition coefficient (Wildman–Crippen LogP) is 3.46. The van der Waals surface area contributed by atoms with Crippen LogP contribution in [0.1, 0.15) is 40.5 Å². The van der Waals surface area contributed by atoms with Crippen molar-refractivity contribution in [2.75, 3.05) is 6.61 Å². The second kappa shape index (κ2) is 6.73. The van der Waals surface area contributed by atoms with Crippen LogP contribution in [0.2, 0.25) is 0 Å². The maximum atomic E-state index is 6.08. The Kier molecular flexibility index (Phi) is 6.87. The van der Waals surface area contributed by atoms with E-state index in [1.54, 1.807) is 0 Å². The fourth-order valence-corrected chi connectivity index (χ4v) is 1.09. The summed E-state index contributed by atoms with van der Waals surface area (Å²) in [5.41, 5.74) is 0. The van der Waals surface area contributed by atoms with E-state index in [9.17, 15) is 0 Å². The molecule has 0 rings (SSSR count). The lowest BCUT2D eigenvalue weighted by molar-refractivity contribution is 0.0755. The highest BCUT2D eigenvalue weighted by Crippen LogP contribution is 2.15. The van der Waals surface area contributed by atoms with E-state index in [1.807, 2.05) is 0 Å². The Balaban J connectivity index is 3.20. The minimum absolute atomic E-state index is 0.306. The number of ether oxygens (including phenoxy) is 1. The fraction of sp³-hybridized carbons (Fsp3) is 1.00. The van der Waals surface area contributed by atoms with Gasteiger partial charge in [-0.05, 0) is 32.6 Å². The van der Waals surface area contributed by atoms with Gasteiger partial charge >= 0.3 is 0 Å². The zero-order valence-electron chi connectivity index (χ0n) is 8.64. The summed E-state index contributed by atoms with van der Waals surface area (Å²) in [6.07, 6.45) is 2.48. The molecule has 1 nitrogen and oxygen atoms in total. The summed E-state index contributed by atoms with van der Waals surface area (Å²) in [5.74, 6) is 0.575. The Morgan fingerprint density at radius 3 is 2.17 bits per heavy atom. The van der Waals surface area contributed by atoms with Crippen LogP contribution >= 0.6 is 11.6 Å². The van der Waals surface area contributed by atoms with Gasteiger partial charge in [-0.1, -0.05) is 13.8 Å². The van der Waals surface area contributed by atoms with E-state index in [0.29, 0.717) is 17.4 Å². The largest absolute Gasteiger partial charge is 0.379 e. The first-order valence-electron chi connectivity index (χ1n) is 4.79. The van der Waals surface area contributed by atoms with Gasteiger partial charge in [0.05, 0.1) is 6.10 Å². The summed E-state index contributed by atoms with van der Waals surface area (Å²) in [6.45, 7) is 9.26. The van der Waals surface area contributed by atoms with Gasteiger partial charge in [-0.25, -0.2) is 0 Å². The molecule has 0 heterocycles. The summed E-state index contributed by atoms with van der Waals surface area (Å²) >= 11 is 6.08. The summed E-state index contributed by atoms with van der Waals surface area (Å²) in [5, 5.41) is 0.306. The van der Waals surface area contributed by atoms with Crippen LogP contribution in [0.5, 0.6) is 0 Å². The van der Waals surface area contributed by atoms with Crippen LogP contribution in [0.4, 0.5) is 0 Å². The van der Waals surface area contributed by atoms with Crippen LogP contribution < -0.4 is 0 Å². The Morgan fingerprint density at radius 1 is 1.17 bits per heavy atom. The Morgan fingerprint density at radius 2 is 1.75 bits per heavy atom. The second-order valence-corrected chi connectivity index (χ2v) is 4.38. The molecule has 0 aliphatic rings. The number of hydrogen-bond acceptors (Lipinski definition) is 1. The molecule has 0 aromatic heterocycles. The van der Waals surface area contributed by atoms with E-state index in [1.165, 1.54) is 0 Å². The summed E-state index contributed by atoms with van der Waals surface area (Å²) in [7, 11) is 0. The third-order valence-electron chi connectivity index (χ3n) is 1.80. The van der Waals surface area contributed by atoms with Crippen molar-refractivity contribution in [1.29, 1.82) is 0 Å². The van der Waals surface area contributed by atoms with E-state index >= 15 is 0 Å². The first kappa shape index (κ1) is 12.2. The van der Waals surface area contributed by atoms with Gasteiger partial charge in [0, 0.05) is 12.0 Å². The van der Waals surface area contributed by atoms with Crippen LogP contribution in [0, 0.1) is 5.92 Å². The smallest absolute Gasteiger partial charge is 0.0518 e. The molecule has 0 N–H and O–H groups in total. The number of rotatable bonds is 6. The summed E-state index contributed by atoms with van der Waals surface area (Å²) < 4.78 is 5.41. The van der Waals surface area contributed by atoms with Gasteiger partial charge < -0.3 is 4.74 Å². The molecule has 0 saturated carbocycles. The molecule has 0 spiro atoms. The third-order valence-corrected chi connectivity index (χ3v) is 2.52. The maximum absolute atomic E-state index is 6.08. The van der Waals surface area contributed by atoms with Crippen molar-refractivity contribution < 1.29 is 4.74 Å². The molecule has 74 valence electrons. The quantitative estimate of drug-likeness (QED) is 0.463. The van der Waals surface area contributed by atoms with Gasteiger partial charge in [-0.2, -0.15) is 0 Å². The molecule has 0 aliphatic carbocycles. The predicted molar refractivity (Wildman–Crippen MR) is 54.8 cm³/mol. The number of alkyl halides is 1. The molecule has 1 unspecified atom stereocenters. The van der Waals surface area contributed by atoms with Gasteiger partial charge in [0.1, 0.15) is 0 Å². The van der Waals surface area contributed by atoms with Gasteiger partial charge in [0.25, 0.3) is 0 Å². The monoisotopic (exact) mass is 192 g/mol. The highest BCUT2D eigenvalue weighted by Gasteiger charge is 2.08. The average Bonchev–Trinajstić information content (AvgIpc) is 1.97. The molecular formula is C10H21ClO. The van der Waals surface area contributed by atoms with Gasteiger partial charge in [0.15, 0.2) is 0 Å². The molecule has 0 fully saturated rings. The summed E-state index contributed by atoms with van der Waals surface area (Å²) in [6, 6.07) is 0. The van der Waals surface area contributed by atoms with Gasteiger partial charge in [0.2, 0.25) is 0 Å². The molecule has 2 heteroatoms. The van der Waals surface area contributed by atoms with Gasteiger partial charge in [-0.3, -0.25) is 0 Å². The van der Waals surface area contributed by atoms with Crippen LogP contribution in [0.25, 0.3) is 0 Å². The Hall–Kier alpha value is 0.250. The first-order chi connectivity index (χ1) is 5.54.